The Bertz CT molecular complexity index is 473. The predicted molar refractivity (Wildman–Crippen MR) is 91.5 cm³/mol. The molecule has 1 aromatic carbocycles. The Morgan fingerprint density at radius 3 is 2.64 bits per heavy atom. The lowest BCUT2D eigenvalue weighted by atomic mass is 10.1. The molecule has 124 valence electrons. The molecule has 1 aromatic rings. The minimum Gasteiger partial charge on any atom is -0.494 e. The monoisotopic (exact) mass is 307 g/mol. The van der Waals surface area contributed by atoms with E-state index in [9.17, 15) is 0 Å². The number of aliphatic imine (C=N–C) groups is 1. The van der Waals surface area contributed by atoms with E-state index in [1.807, 2.05) is 45.9 Å². The zero-order chi connectivity index (χ0) is 16.4. The highest BCUT2D eigenvalue weighted by atomic mass is 16.5. The quantitative estimate of drug-likeness (QED) is 0.572. The highest BCUT2D eigenvalue weighted by molar-refractivity contribution is 5.79. The molecule has 1 rings (SSSR count). The lowest BCUT2D eigenvalue weighted by Gasteiger charge is -2.24. The Kier molecular flexibility index (Phi) is 7.74. The van der Waals surface area contributed by atoms with Crippen LogP contribution in [0.4, 0.5) is 0 Å². The van der Waals surface area contributed by atoms with Crippen LogP contribution in [0.1, 0.15) is 33.3 Å². The second kappa shape index (κ2) is 9.30. The zero-order valence-corrected chi connectivity index (χ0v) is 14.4. The molecule has 0 aromatic heterocycles. The van der Waals surface area contributed by atoms with Crippen molar-refractivity contribution in [2.24, 2.45) is 4.99 Å². The first-order chi connectivity index (χ1) is 10.5. The summed E-state index contributed by atoms with van der Waals surface area (Å²) >= 11 is 0. The molecule has 22 heavy (non-hydrogen) atoms. The Morgan fingerprint density at radius 2 is 2.00 bits per heavy atom. The van der Waals surface area contributed by atoms with Gasteiger partial charge in [0.25, 0.3) is 0 Å². The zero-order valence-electron chi connectivity index (χ0n) is 14.4. The number of benzene rings is 1. The van der Waals surface area contributed by atoms with Gasteiger partial charge < -0.3 is 20.1 Å². The van der Waals surface area contributed by atoms with E-state index in [4.69, 9.17) is 9.47 Å². The standard InChI is InChI=1S/C17H29N3O2/c1-6-18-16(20-13-17(3,4)21-5)19-12-14-9-8-10-15(11-14)22-7-2/h8-11H,6-7,12-13H2,1-5H3,(H2,18,19,20). The molecule has 0 spiro atoms. The summed E-state index contributed by atoms with van der Waals surface area (Å²) in [6.45, 7) is 10.9. The molecule has 0 bridgehead atoms. The molecular formula is C17H29N3O2. The summed E-state index contributed by atoms with van der Waals surface area (Å²) in [7, 11) is 1.71. The third-order valence-corrected chi connectivity index (χ3v) is 3.21. The Hall–Kier alpha value is -1.75. The molecule has 0 aliphatic rings. The van der Waals surface area contributed by atoms with E-state index in [-0.39, 0.29) is 5.60 Å². The number of guanidine groups is 1. The van der Waals surface area contributed by atoms with Crippen LogP contribution in [0.2, 0.25) is 0 Å². The van der Waals surface area contributed by atoms with Crippen LogP contribution in [0.3, 0.4) is 0 Å². The summed E-state index contributed by atoms with van der Waals surface area (Å²) in [5.74, 6) is 1.67. The van der Waals surface area contributed by atoms with Crippen LogP contribution in [0.5, 0.6) is 5.75 Å². The van der Waals surface area contributed by atoms with Crippen molar-refractivity contribution in [2.75, 3.05) is 26.8 Å². The molecule has 0 amide bonds. The van der Waals surface area contributed by atoms with Gasteiger partial charge in [0.05, 0.1) is 18.8 Å². The Labute approximate surface area is 134 Å². The second-order valence-electron chi connectivity index (χ2n) is 5.59. The van der Waals surface area contributed by atoms with Gasteiger partial charge in [-0.1, -0.05) is 12.1 Å². The predicted octanol–water partition coefficient (Wildman–Crippen LogP) is 2.57. The highest BCUT2D eigenvalue weighted by Crippen LogP contribution is 2.14. The maximum Gasteiger partial charge on any atom is 0.191 e. The van der Waals surface area contributed by atoms with Gasteiger partial charge in [0.1, 0.15) is 5.75 Å². The number of hydrogen-bond acceptors (Lipinski definition) is 3. The largest absolute Gasteiger partial charge is 0.494 e. The fourth-order valence-electron chi connectivity index (χ4n) is 1.78. The fraction of sp³-hybridized carbons (Fsp3) is 0.588. The first-order valence-electron chi connectivity index (χ1n) is 7.79. The van der Waals surface area contributed by atoms with Crippen molar-refractivity contribution in [3.63, 3.8) is 0 Å². The first-order valence-corrected chi connectivity index (χ1v) is 7.79. The van der Waals surface area contributed by atoms with Gasteiger partial charge in [-0.3, -0.25) is 0 Å². The van der Waals surface area contributed by atoms with Crippen molar-refractivity contribution in [3.8, 4) is 5.75 Å². The summed E-state index contributed by atoms with van der Waals surface area (Å²) < 4.78 is 10.9. The van der Waals surface area contributed by atoms with Crippen molar-refractivity contribution in [1.82, 2.24) is 10.6 Å². The van der Waals surface area contributed by atoms with Crippen molar-refractivity contribution >= 4 is 5.96 Å². The fourth-order valence-corrected chi connectivity index (χ4v) is 1.78. The smallest absolute Gasteiger partial charge is 0.191 e. The number of hydrogen-bond donors (Lipinski definition) is 2. The third-order valence-electron chi connectivity index (χ3n) is 3.21. The molecule has 0 fully saturated rings. The van der Waals surface area contributed by atoms with Gasteiger partial charge >= 0.3 is 0 Å². The van der Waals surface area contributed by atoms with Crippen molar-refractivity contribution in [1.29, 1.82) is 0 Å². The lowest BCUT2D eigenvalue weighted by Crippen LogP contribution is -2.45. The number of methoxy groups -OCH3 is 1. The summed E-state index contributed by atoms with van der Waals surface area (Å²) in [6.07, 6.45) is 0. The van der Waals surface area contributed by atoms with Crippen LogP contribution in [-0.2, 0) is 11.3 Å². The van der Waals surface area contributed by atoms with E-state index in [1.165, 1.54) is 0 Å². The minimum absolute atomic E-state index is 0.231. The molecule has 5 heteroatoms. The SMILES string of the molecule is CCNC(=NCc1cccc(OCC)c1)NCC(C)(C)OC. The van der Waals surface area contributed by atoms with Crippen molar-refractivity contribution < 1.29 is 9.47 Å². The van der Waals surface area contributed by atoms with E-state index in [0.717, 1.165) is 23.8 Å². The highest BCUT2D eigenvalue weighted by Gasteiger charge is 2.16. The molecule has 0 aliphatic heterocycles. The van der Waals surface area contributed by atoms with Crippen LogP contribution in [-0.4, -0.2) is 38.4 Å². The van der Waals surface area contributed by atoms with Gasteiger partial charge in [0, 0.05) is 20.2 Å². The molecule has 0 unspecified atom stereocenters. The molecule has 0 radical (unpaired) electrons. The van der Waals surface area contributed by atoms with Crippen LogP contribution in [0.25, 0.3) is 0 Å². The molecule has 5 nitrogen and oxygen atoms in total. The lowest BCUT2D eigenvalue weighted by molar-refractivity contribution is 0.0268. The Balaban J connectivity index is 2.67. The maximum absolute atomic E-state index is 5.51. The van der Waals surface area contributed by atoms with E-state index >= 15 is 0 Å². The van der Waals surface area contributed by atoms with Gasteiger partial charge in [-0.2, -0.15) is 0 Å². The number of nitrogens with one attached hydrogen (secondary N) is 2. The van der Waals surface area contributed by atoms with Crippen LogP contribution < -0.4 is 15.4 Å². The van der Waals surface area contributed by atoms with E-state index in [0.29, 0.717) is 19.7 Å². The summed E-state index contributed by atoms with van der Waals surface area (Å²) in [6, 6.07) is 8.02. The van der Waals surface area contributed by atoms with Gasteiger partial charge in [-0.25, -0.2) is 4.99 Å². The molecule has 0 saturated heterocycles. The summed E-state index contributed by atoms with van der Waals surface area (Å²) in [5.41, 5.74) is 0.889. The average Bonchev–Trinajstić information content (AvgIpc) is 2.51. The molecular weight excluding hydrogens is 278 g/mol. The minimum atomic E-state index is -0.231. The van der Waals surface area contributed by atoms with Crippen molar-refractivity contribution in [2.45, 2.75) is 39.8 Å². The topological polar surface area (TPSA) is 54.9 Å². The van der Waals surface area contributed by atoms with Gasteiger partial charge in [0.15, 0.2) is 5.96 Å². The van der Waals surface area contributed by atoms with Crippen molar-refractivity contribution in [3.05, 3.63) is 29.8 Å². The van der Waals surface area contributed by atoms with Crippen LogP contribution in [0, 0.1) is 0 Å². The molecule has 0 heterocycles. The molecule has 2 N–H and O–H groups in total. The Morgan fingerprint density at radius 1 is 1.23 bits per heavy atom. The summed E-state index contributed by atoms with van der Waals surface area (Å²) in [5, 5.41) is 6.55. The number of rotatable bonds is 8. The molecule has 0 atom stereocenters. The normalized spacial score (nSPS) is 12.1. The van der Waals surface area contributed by atoms with E-state index in [1.54, 1.807) is 7.11 Å². The molecule has 0 saturated carbocycles. The van der Waals surface area contributed by atoms with Gasteiger partial charge in [-0.15, -0.1) is 0 Å². The van der Waals surface area contributed by atoms with Crippen LogP contribution in [0.15, 0.2) is 29.3 Å². The van der Waals surface area contributed by atoms with Crippen LogP contribution >= 0.6 is 0 Å². The van der Waals surface area contributed by atoms with E-state index < -0.39 is 0 Å². The second-order valence-corrected chi connectivity index (χ2v) is 5.59. The van der Waals surface area contributed by atoms with Gasteiger partial charge in [0.2, 0.25) is 0 Å². The maximum atomic E-state index is 5.51. The first kappa shape index (κ1) is 18.3. The van der Waals surface area contributed by atoms with Gasteiger partial charge in [-0.05, 0) is 45.4 Å². The molecule has 0 aliphatic carbocycles. The summed E-state index contributed by atoms with van der Waals surface area (Å²) in [4.78, 5) is 4.61. The number of ether oxygens (including phenoxy) is 2. The average molecular weight is 307 g/mol. The van der Waals surface area contributed by atoms with E-state index in [2.05, 4.69) is 21.7 Å². The number of nitrogens with zero attached hydrogens (tertiary/aromatic N) is 1. The third kappa shape index (κ3) is 6.80.